The minimum atomic E-state index is -0.688. The van der Waals surface area contributed by atoms with E-state index < -0.39 is 17.7 Å². The number of ketones is 1. The molecule has 176 valence electrons. The molecule has 34 heavy (non-hydrogen) atoms. The second-order valence-electron chi connectivity index (χ2n) is 8.07. The number of nitrogens with zero attached hydrogens (tertiary/aromatic N) is 3. The highest BCUT2D eigenvalue weighted by Crippen LogP contribution is 2.40. The summed E-state index contributed by atoms with van der Waals surface area (Å²) in [6, 6.07) is 13.7. The molecule has 0 saturated carbocycles. The van der Waals surface area contributed by atoms with Crippen molar-refractivity contribution in [2.75, 3.05) is 13.2 Å². The summed E-state index contributed by atoms with van der Waals surface area (Å²) in [4.78, 5) is 31.8. The molecular formula is C26H26BrN3O4. The lowest BCUT2D eigenvalue weighted by Crippen LogP contribution is -2.31. The molecule has 1 N–H and O–H groups in total. The molecule has 1 aromatic heterocycles. The first kappa shape index (κ1) is 23.8. The van der Waals surface area contributed by atoms with Crippen LogP contribution in [0.4, 0.5) is 0 Å². The van der Waals surface area contributed by atoms with Crippen LogP contribution in [0.15, 0.2) is 77.3 Å². The number of carbonyl (C=O) groups excluding carboxylic acids is 2. The summed E-state index contributed by atoms with van der Waals surface area (Å²) in [5.41, 5.74) is 1.31. The number of ether oxygens (including phenoxy) is 1. The first-order valence-electron chi connectivity index (χ1n) is 11.2. The molecule has 4 rings (SSSR count). The summed E-state index contributed by atoms with van der Waals surface area (Å²) in [6.45, 7) is 3.66. The zero-order chi connectivity index (χ0) is 24.1. The average Bonchev–Trinajstić information content (AvgIpc) is 3.45. The quantitative estimate of drug-likeness (QED) is 0.243. The van der Waals surface area contributed by atoms with E-state index in [9.17, 15) is 14.7 Å². The summed E-state index contributed by atoms with van der Waals surface area (Å²) in [7, 11) is 0. The van der Waals surface area contributed by atoms with Gasteiger partial charge < -0.3 is 19.3 Å². The number of carbonyl (C=O) groups is 2. The number of hydrogen-bond acceptors (Lipinski definition) is 5. The van der Waals surface area contributed by atoms with Gasteiger partial charge in [-0.1, -0.05) is 47.1 Å². The van der Waals surface area contributed by atoms with Crippen LogP contribution in [0.3, 0.4) is 0 Å². The molecule has 1 aliphatic rings. The largest absolute Gasteiger partial charge is 0.507 e. The highest BCUT2D eigenvalue weighted by atomic mass is 79.9. The van der Waals surface area contributed by atoms with Gasteiger partial charge in [0.05, 0.1) is 24.5 Å². The van der Waals surface area contributed by atoms with Gasteiger partial charge in [-0.05, 0) is 42.7 Å². The van der Waals surface area contributed by atoms with Crippen molar-refractivity contribution in [3.05, 3.63) is 88.4 Å². The van der Waals surface area contributed by atoms with E-state index in [0.717, 1.165) is 22.2 Å². The molecule has 1 amide bonds. The standard InChI is InChI=1S/C26H26BrN3O4/c1-2-16-34-21-10-6-18(7-11-21)23-22(24(31)19-4-8-20(27)9-5-19)25(32)26(33)30(23)14-3-13-29-15-12-28-17-29/h4-12,15,17,23,31H,2-3,13-14,16H2,1H3/t23-/m0/s1. The van der Waals surface area contributed by atoms with Crippen molar-refractivity contribution in [1.82, 2.24) is 14.5 Å². The van der Waals surface area contributed by atoms with Crippen molar-refractivity contribution in [2.45, 2.75) is 32.4 Å². The van der Waals surface area contributed by atoms with Gasteiger partial charge in [-0.15, -0.1) is 0 Å². The molecule has 2 aromatic carbocycles. The second kappa shape index (κ2) is 10.7. The number of halogens is 1. The molecule has 1 saturated heterocycles. The Labute approximate surface area is 206 Å². The summed E-state index contributed by atoms with van der Waals surface area (Å²) >= 11 is 3.38. The lowest BCUT2D eigenvalue weighted by atomic mass is 9.95. The molecule has 8 heteroatoms. The van der Waals surface area contributed by atoms with Gasteiger partial charge in [0.1, 0.15) is 11.5 Å². The smallest absolute Gasteiger partial charge is 0.295 e. The van der Waals surface area contributed by atoms with E-state index in [4.69, 9.17) is 4.74 Å². The van der Waals surface area contributed by atoms with Crippen molar-refractivity contribution < 1.29 is 19.4 Å². The lowest BCUT2D eigenvalue weighted by molar-refractivity contribution is -0.139. The number of Topliss-reactive ketones (excluding diaryl/α,β-unsaturated/α-hetero) is 1. The number of imidazole rings is 1. The zero-order valence-corrected chi connectivity index (χ0v) is 20.4. The highest BCUT2D eigenvalue weighted by Gasteiger charge is 2.45. The van der Waals surface area contributed by atoms with Crippen LogP contribution in [0.1, 0.15) is 36.9 Å². The van der Waals surface area contributed by atoms with E-state index in [1.807, 2.05) is 42.0 Å². The fourth-order valence-corrected chi connectivity index (χ4v) is 4.29. The normalized spacial score (nSPS) is 17.4. The van der Waals surface area contributed by atoms with Crippen LogP contribution in [-0.2, 0) is 16.1 Å². The SMILES string of the molecule is CCCOc1ccc([C@H]2C(=C(O)c3ccc(Br)cc3)C(=O)C(=O)N2CCCn2ccnc2)cc1. The number of amides is 1. The Balaban J connectivity index is 1.69. The van der Waals surface area contributed by atoms with E-state index in [1.54, 1.807) is 41.7 Å². The fraction of sp³-hybridized carbons (Fsp3) is 0.269. The minimum absolute atomic E-state index is 0.0946. The Hall–Kier alpha value is -3.39. The summed E-state index contributed by atoms with van der Waals surface area (Å²) in [5.74, 6) is -0.755. The topological polar surface area (TPSA) is 84.7 Å². The van der Waals surface area contributed by atoms with Crippen LogP contribution in [-0.4, -0.2) is 44.4 Å². The van der Waals surface area contributed by atoms with Gasteiger partial charge in [0.25, 0.3) is 11.7 Å². The second-order valence-corrected chi connectivity index (χ2v) is 8.99. The van der Waals surface area contributed by atoms with Crippen LogP contribution < -0.4 is 4.74 Å². The molecule has 0 aliphatic carbocycles. The molecule has 1 aliphatic heterocycles. The van der Waals surface area contributed by atoms with Crippen LogP contribution in [0.2, 0.25) is 0 Å². The number of rotatable bonds is 9. The molecule has 0 radical (unpaired) electrons. The van der Waals surface area contributed by atoms with E-state index in [0.29, 0.717) is 31.7 Å². The number of aliphatic hydroxyl groups excluding tert-OH is 1. The zero-order valence-electron chi connectivity index (χ0n) is 18.9. The first-order chi connectivity index (χ1) is 16.5. The third-order valence-corrected chi connectivity index (χ3v) is 6.23. The molecule has 0 bridgehead atoms. The Kier molecular flexibility index (Phi) is 7.47. The predicted octanol–water partition coefficient (Wildman–Crippen LogP) is 4.95. The Bertz CT molecular complexity index is 1170. The molecule has 0 unspecified atom stereocenters. The number of aromatic nitrogens is 2. The minimum Gasteiger partial charge on any atom is -0.507 e. The molecule has 1 atom stereocenters. The Morgan fingerprint density at radius 3 is 2.47 bits per heavy atom. The Morgan fingerprint density at radius 1 is 1.09 bits per heavy atom. The first-order valence-corrected chi connectivity index (χ1v) is 12.0. The van der Waals surface area contributed by atoms with Crippen LogP contribution in [0, 0.1) is 0 Å². The van der Waals surface area contributed by atoms with Gasteiger partial charge in [0, 0.05) is 35.5 Å². The van der Waals surface area contributed by atoms with Crippen molar-refractivity contribution in [2.24, 2.45) is 0 Å². The third kappa shape index (κ3) is 5.07. The summed E-state index contributed by atoms with van der Waals surface area (Å²) < 4.78 is 8.46. The van der Waals surface area contributed by atoms with E-state index in [1.165, 1.54) is 0 Å². The fourth-order valence-electron chi connectivity index (χ4n) is 4.03. The summed E-state index contributed by atoms with van der Waals surface area (Å²) in [6.07, 6.45) is 6.80. The van der Waals surface area contributed by atoms with Gasteiger partial charge in [0.2, 0.25) is 0 Å². The number of aliphatic hydroxyl groups is 1. The van der Waals surface area contributed by atoms with Gasteiger partial charge >= 0.3 is 0 Å². The maximum Gasteiger partial charge on any atom is 0.295 e. The van der Waals surface area contributed by atoms with Crippen molar-refractivity contribution >= 4 is 33.4 Å². The molecule has 2 heterocycles. The van der Waals surface area contributed by atoms with E-state index in [2.05, 4.69) is 20.9 Å². The number of hydrogen-bond donors (Lipinski definition) is 1. The van der Waals surface area contributed by atoms with Gasteiger partial charge in [0.15, 0.2) is 0 Å². The molecular weight excluding hydrogens is 498 g/mol. The average molecular weight is 524 g/mol. The molecule has 7 nitrogen and oxygen atoms in total. The summed E-state index contributed by atoms with van der Waals surface area (Å²) in [5, 5.41) is 11.1. The van der Waals surface area contributed by atoms with Crippen LogP contribution in [0.5, 0.6) is 5.75 Å². The maximum absolute atomic E-state index is 13.1. The molecule has 1 fully saturated rings. The predicted molar refractivity (Wildman–Crippen MR) is 132 cm³/mol. The van der Waals surface area contributed by atoms with Crippen LogP contribution in [0.25, 0.3) is 5.76 Å². The third-order valence-electron chi connectivity index (χ3n) is 5.70. The van der Waals surface area contributed by atoms with Gasteiger partial charge in [-0.3, -0.25) is 9.59 Å². The van der Waals surface area contributed by atoms with E-state index in [-0.39, 0.29) is 11.3 Å². The lowest BCUT2D eigenvalue weighted by Gasteiger charge is -2.25. The van der Waals surface area contributed by atoms with Crippen LogP contribution >= 0.6 is 15.9 Å². The monoisotopic (exact) mass is 523 g/mol. The number of aryl methyl sites for hydroxylation is 1. The van der Waals surface area contributed by atoms with Gasteiger partial charge in [-0.2, -0.15) is 0 Å². The molecule has 0 spiro atoms. The van der Waals surface area contributed by atoms with Crippen molar-refractivity contribution in [3.63, 3.8) is 0 Å². The van der Waals surface area contributed by atoms with Crippen molar-refractivity contribution in [3.8, 4) is 5.75 Å². The van der Waals surface area contributed by atoms with Gasteiger partial charge in [-0.25, -0.2) is 4.98 Å². The number of benzene rings is 2. The highest BCUT2D eigenvalue weighted by molar-refractivity contribution is 9.10. The molecule has 3 aromatic rings. The van der Waals surface area contributed by atoms with E-state index >= 15 is 0 Å². The van der Waals surface area contributed by atoms with Crippen molar-refractivity contribution in [1.29, 1.82) is 0 Å². The Morgan fingerprint density at radius 2 is 1.82 bits per heavy atom. The maximum atomic E-state index is 13.1. The number of likely N-dealkylation sites (tertiary alicyclic amines) is 1.